The van der Waals surface area contributed by atoms with Gasteiger partial charge in [0.25, 0.3) is 11.5 Å². The van der Waals surface area contributed by atoms with Gasteiger partial charge in [0.1, 0.15) is 5.82 Å². The van der Waals surface area contributed by atoms with Crippen molar-refractivity contribution in [3.63, 3.8) is 0 Å². The second-order valence-electron chi connectivity index (χ2n) is 7.16. The Labute approximate surface area is 171 Å². The Balaban J connectivity index is 1.84. The molecule has 1 aliphatic rings. The molecule has 0 unspecified atom stereocenters. The standard InChI is InChI=1S/C21H22N4O3S/c22-18-17(19(26)23-21(28)24(18)13-14-7-2-1-3-8-14)25(15-9-4-5-10-15)20(27)16-11-6-12-29-16/h1-3,6-8,11-12,15H,4-5,9-10,13,22H2,(H,23,26,28). The molecule has 1 amide bonds. The maximum absolute atomic E-state index is 13.3. The third kappa shape index (κ3) is 3.75. The van der Waals surface area contributed by atoms with E-state index in [-0.39, 0.29) is 30.0 Å². The summed E-state index contributed by atoms with van der Waals surface area (Å²) in [5.41, 5.74) is 6.06. The molecule has 4 rings (SSSR count). The van der Waals surface area contributed by atoms with Gasteiger partial charge in [0.15, 0.2) is 5.69 Å². The predicted molar refractivity (Wildman–Crippen MR) is 115 cm³/mol. The van der Waals surface area contributed by atoms with Gasteiger partial charge in [-0.05, 0) is 29.9 Å². The monoisotopic (exact) mass is 410 g/mol. The number of carbonyl (C=O) groups is 1. The summed E-state index contributed by atoms with van der Waals surface area (Å²) in [4.78, 5) is 43.0. The van der Waals surface area contributed by atoms with Crippen LogP contribution in [0.15, 0.2) is 57.4 Å². The molecule has 8 heteroatoms. The van der Waals surface area contributed by atoms with E-state index in [4.69, 9.17) is 5.73 Å². The normalized spacial score (nSPS) is 14.2. The molecular weight excluding hydrogens is 388 g/mol. The van der Waals surface area contributed by atoms with Crippen LogP contribution in [0.1, 0.15) is 40.9 Å². The summed E-state index contributed by atoms with van der Waals surface area (Å²) in [5, 5.41) is 1.82. The van der Waals surface area contributed by atoms with Gasteiger partial charge in [0, 0.05) is 6.04 Å². The average Bonchev–Trinajstić information content (AvgIpc) is 3.43. The minimum Gasteiger partial charge on any atom is -0.383 e. The van der Waals surface area contributed by atoms with E-state index in [1.54, 1.807) is 12.1 Å². The third-order valence-corrected chi connectivity index (χ3v) is 6.14. The van der Waals surface area contributed by atoms with Gasteiger partial charge in [-0.3, -0.25) is 24.0 Å². The summed E-state index contributed by atoms with van der Waals surface area (Å²) in [6.45, 7) is 0.209. The van der Waals surface area contributed by atoms with Crippen molar-refractivity contribution in [2.45, 2.75) is 38.3 Å². The first kappa shape index (κ1) is 19.2. The van der Waals surface area contributed by atoms with Crippen molar-refractivity contribution in [2.75, 3.05) is 10.6 Å². The van der Waals surface area contributed by atoms with Gasteiger partial charge in [-0.1, -0.05) is 49.2 Å². The number of thiophene rings is 1. The van der Waals surface area contributed by atoms with Crippen molar-refractivity contribution in [1.82, 2.24) is 9.55 Å². The molecule has 0 radical (unpaired) electrons. The zero-order chi connectivity index (χ0) is 20.4. The summed E-state index contributed by atoms with van der Waals surface area (Å²) >= 11 is 1.32. The van der Waals surface area contributed by atoms with Crippen LogP contribution in [0.25, 0.3) is 0 Å². The minimum atomic E-state index is -0.631. The molecule has 29 heavy (non-hydrogen) atoms. The smallest absolute Gasteiger partial charge is 0.330 e. The zero-order valence-corrected chi connectivity index (χ0v) is 16.7. The number of carbonyl (C=O) groups excluding carboxylic acids is 1. The van der Waals surface area contributed by atoms with E-state index in [1.165, 1.54) is 20.8 Å². The van der Waals surface area contributed by atoms with E-state index in [0.29, 0.717) is 4.88 Å². The topological polar surface area (TPSA) is 101 Å². The number of aromatic nitrogens is 2. The maximum atomic E-state index is 13.3. The van der Waals surface area contributed by atoms with Gasteiger partial charge in [0.05, 0.1) is 11.4 Å². The molecule has 1 aromatic carbocycles. The lowest BCUT2D eigenvalue weighted by atomic mass is 10.1. The van der Waals surface area contributed by atoms with Crippen LogP contribution in [0.4, 0.5) is 11.5 Å². The van der Waals surface area contributed by atoms with Crippen molar-refractivity contribution in [1.29, 1.82) is 0 Å². The Morgan fingerprint density at radius 1 is 1.14 bits per heavy atom. The van der Waals surface area contributed by atoms with Gasteiger partial charge in [-0.15, -0.1) is 11.3 Å². The number of H-pyrrole nitrogens is 1. The molecule has 0 bridgehead atoms. The van der Waals surface area contributed by atoms with Crippen LogP contribution >= 0.6 is 11.3 Å². The predicted octanol–water partition coefficient (Wildman–Crippen LogP) is 2.82. The van der Waals surface area contributed by atoms with Crippen LogP contribution in [0.2, 0.25) is 0 Å². The van der Waals surface area contributed by atoms with Crippen LogP contribution in [-0.2, 0) is 6.54 Å². The highest BCUT2D eigenvalue weighted by atomic mass is 32.1. The molecule has 0 spiro atoms. The molecule has 3 N–H and O–H groups in total. The number of nitrogens with zero attached hydrogens (tertiary/aromatic N) is 2. The highest BCUT2D eigenvalue weighted by molar-refractivity contribution is 7.12. The van der Waals surface area contributed by atoms with Crippen molar-refractivity contribution in [2.24, 2.45) is 0 Å². The number of nitrogen functional groups attached to an aromatic ring is 1. The van der Waals surface area contributed by atoms with Gasteiger partial charge in [-0.2, -0.15) is 0 Å². The Morgan fingerprint density at radius 2 is 1.86 bits per heavy atom. The Hall–Kier alpha value is -3.13. The van der Waals surface area contributed by atoms with Crippen molar-refractivity contribution >= 4 is 28.7 Å². The van der Waals surface area contributed by atoms with Gasteiger partial charge in [-0.25, -0.2) is 4.79 Å². The zero-order valence-electron chi connectivity index (χ0n) is 15.8. The SMILES string of the molecule is Nc1c(N(C(=O)c2cccs2)C2CCCC2)c(=O)[nH]c(=O)n1Cc1ccccc1. The molecule has 0 atom stereocenters. The first-order chi connectivity index (χ1) is 14.1. The first-order valence-corrected chi connectivity index (χ1v) is 10.5. The van der Waals surface area contributed by atoms with Crippen LogP contribution < -0.4 is 21.9 Å². The number of amides is 1. The number of hydrogen-bond acceptors (Lipinski definition) is 5. The molecule has 150 valence electrons. The Bertz CT molecular complexity index is 1110. The fourth-order valence-electron chi connectivity index (χ4n) is 3.86. The number of rotatable bonds is 5. The van der Waals surface area contributed by atoms with E-state index in [2.05, 4.69) is 4.98 Å². The fourth-order valence-corrected chi connectivity index (χ4v) is 4.52. The molecule has 0 saturated heterocycles. The number of anilines is 2. The van der Waals surface area contributed by atoms with E-state index >= 15 is 0 Å². The second kappa shape index (κ2) is 8.08. The van der Waals surface area contributed by atoms with Crippen molar-refractivity contribution < 1.29 is 4.79 Å². The third-order valence-electron chi connectivity index (χ3n) is 5.28. The molecule has 0 aliphatic heterocycles. The minimum absolute atomic E-state index is 0.0133. The number of nitrogens with two attached hydrogens (primary N) is 1. The van der Waals surface area contributed by atoms with E-state index in [0.717, 1.165) is 31.2 Å². The first-order valence-electron chi connectivity index (χ1n) is 9.60. The van der Waals surface area contributed by atoms with Crippen LogP contribution in [0.5, 0.6) is 0 Å². The number of hydrogen-bond donors (Lipinski definition) is 2. The van der Waals surface area contributed by atoms with E-state index in [1.807, 2.05) is 35.7 Å². The fraction of sp³-hybridized carbons (Fsp3) is 0.286. The number of aromatic amines is 1. The highest BCUT2D eigenvalue weighted by Crippen LogP contribution is 2.31. The molecule has 1 saturated carbocycles. The summed E-state index contributed by atoms with van der Waals surface area (Å²) in [6.07, 6.45) is 3.57. The molecular formula is C21H22N4O3S. The molecule has 1 fully saturated rings. The van der Waals surface area contributed by atoms with Crippen LogP contribution in [0, 0.1) is 0 Å². The Morgan fingerprint density at radius 3 is 2.52 bits per heavy atom. The van der Waals surface area contributed by atoms with Crippen molar-refractivity contribution in [3.05, 3.63) is 79.1 Å². The molecule has 3 aromatic rings. The number of benzene rings is 1. The molecule has 7 nitrogen and oxygen atoms in total. The Kier molecular flexibility index (Phi) is 5.35. The lowest BCUT2D eigenvalue weighted by Crippen LogP contribution is -2.45. The van der Waals surface area contributed by atoms with Gasteiger partial charge in [0.2, 0.25) is 0 Å². The van der Waals surface area contributed by atoms with E-state index in [9.17, 15) is 14.4 Å². The lowest BCUT2D eigenvalue weighted by molar-refractivity contribution is 0.0980. The molecule has 2 aromatic heterocycles. The van der Waals surface area contributed by atoms with Crippen LogP contribution in [0.3, 0.4) is 0 Å². The highest BCUT2D eigenvalue weighted by Gasteiger charge is 2.33. The molecule has 2 heterocycles. The molecule has 1 aliphatic carbocycles. The largest absolute Gasteiger partial charge is 0.383 e. The maximum Gasteiger partial charge on any atom is 0.330 e. The number of nitrogens with one attached hydrogen (secondary N) is 1. The van der Waals surface area contributed by atoms with Gasteiger partial charge < -0.3 is 5.73 Å². The summed E-state index contributed by atoms with van der Waals surface area (Å²) in [5.74, 6) is -0.242. The summed E-state index contributed by atoms with van der Waals surface area (Å²) in [7, 11) is 0. The van der Waals surface area contributed by atoms with Crippen molar-refractivity contribution in [3.8, 4) is 0 Å². The van der Waals surface area contributed by atoms with Gasteiger partial charge >= 0.3 is 5.69 Å². The average molecular weight is 410 g/mol. The van der Waals surface area contributed by atoms with Crippen LogP contribution in [-0.4, -0.2) is 21.5 Å². The second-order valence-corrected chi connectivity index (χ2v) is 8.10. The summed E-state index contributed by atoms with van der Waals surface area (Å²) < 4.78 is 1.32. The quantitative estimate of drug-likeness (QED) is 0.675. The summed E-state index contributed by atoms with van der Waals surface area (Å²) in [6, 6.07) is 12.8. The lowest BCUT2D eigenvalue weighted by Gasteiger charge is -2.29. The van der Waals surface area contributed by atoms with E-state index < -0.39 is 11.2 Å².